The summed E-state index contributed by atoms with van der Waals surface area (Å²) in [5.41, 5.74) is 2.28. The second kappa shape index (κ2) is 7.26. The van der Waals surface area contributed by atoms with Crippen LogP contribution in [-0.4, -0.2) is 28.6 Å². The SMILES string of the molecule is Cc1c(NC(=O)NCCCC(=O)O)cccc1-c1ncco1. The molecule has 7 nitrogen and oxygen atoms in total. The molecule has 0 aliphatic rings. The minimum absolute atomic E-state index is 0.0267. The number of oxazole rings is 1. The van der Waals surface area contributed by atoms with Crippen molar-refractivity contribution < 1.29 is 19.1 Å². The van der Waals surface area contributed by atoms with Gasteiger partial charge in [-0.15, -0.1) is 0 Å². The second-order valence-corrected chi connectivity index (χ2v) is 4.69. The molecule has 0 saturated carbocycles. The molecule has 116 valence electrons. The van der Waals surface area contributed by atoms with Crippen molar-refractivity contribution in [2.24, 2.45) is 0 Å². The van der Waals surface area contributed by atoms with E-state index in [0.717, 1.165) is 11.1 Å². The monoisotopic (exact) mass is 303 g/mol. The number of carbonyl (C=O) groups excluding carboxylic acids is 1. The molecule has 3 N–H and O–H groups in total. The molecular formula is C15H17N3O4. The summed E-state index contributed by atoms with van der Waals surface area (Å²) in [6.45, 7) is 2.16. The Balaban J connectivity index is 1.97. The zero-order valence-electron chi connectivity index (χ0n) is 12.1. The minimum Gasteiger partial charge on any atom is -0.481 e. The van der Waals surface area contributed by atoms with Crippen LogP contribution in [0.15, 0.2) is 35.1 Å². The van der Waals surface area contributed by atoms with E-state index in [9.17, 15) is 9.59 Å². The van der Waals surface area contributed by atoms with Crippen LogP contribution >= 0.6 is 0 Å². The van der Waals surface area contributed by atoms with Gasteiger partial charge in [-0.25, -0.2) is 9.78 Å². The first kappa shape index (κ1) is 15.6. The summed E-state index contributed by atoms with van der Waals surface area (Å²) >= 11 is 0. The lowest BCUT2D eigenvalue weighted by Crippen LogP contribution is -2.30. The Labute approximate surface area is 127 Å². The third-order valence-corrected chi connectivity index (χ3v) is 3.10. The van der Waals surface area contributed by atoms with Crippen molar-refractivity contribution in [2.75, 3.05) is 11.9 Å². The maximum absolute atomic E-state index is 11.8. The third kappa shape index (κ3) is 4.08. The number of aromatic nitrogens is 1. The van der Waals surface area contributed by atoms with Crippen molar-refractivity contribution in [3.8, 4) is 11.5 Å². The molecule has 0 spiro atoms. The van der Waals surface area contributed by atoms with Gasteiger partial charge < -0.3 is 20.2 Å². The molecule has 0 unspecified atom stereocenters. The normalized spacial score (nSPS) is 10.2. The van der Waals surface area contributed by atoms with Crippen LogP contribution in [0, 0.1) is 6.92 Å². The highest BCUT2D eigenvalue weighted by Crippen LogP contribution is 2.27. The van der Waals surface area contributed by atoms with Crippen molar-refractivity contribution >= 4 is 17.7 Å². The Morgan fingerprint density at radius 3 is 2.86 bits per heavy atom. The first-order valence-corrected chi connectivity index (χ1v) is 6.84. The topological polar surface area (TPSA) is 104 Å². The zero-order valence-corrected chi connectivity index (χ0v) is 12.1. The fourth-order valence-corrected chi connectivity index (χ4v) is 1.97. The van der Waals surface area contributed by atoms with Crippen molar-refractivity contribution in [2.45, 2.75) is 19.8 Å². The maximum atomic E-state index is 11.8. The number of carboxylic acid groups (broad SMARTS) is 1. The molecule has 7 heteroatoms. The van der Waals surface area contributed by atoms with Gasteiger partial charge in [0.2, 0.25) is 5.89 Å². The van der Waals surface area contributed by atoms with Crippen molar-refractivity contribution in [3.05, 3.63) is 36.2 Å². The van der Waals surface area contributed by atoms with Crippen LogP contribution in [0.4, 0.5) is 10.5 Å². The summed E-state index contributed by atoms with van der Waals surface area (Å²) in [4.78, 5) is 26.3. The van der Waals surface area contributed by atoms with Crippen LogP contribution in [0.25, 0.3) is 11.5 Å². The van der Waals surface area contributed by atoms with Crippen LogP contribution in [0.1, 0.15) is 18.4 Å². The lowest BCUT2D eigenvalue weighted by molar-refractivity contribution is -0.137. The number of rotatable bonds is 6. The number of aliphatic carboxylic acids is 1. The predicted octanol–water partition coefficient (Wildman–Crippen LogP) is 2.64. The number of carboxylic acids is 1. The first-order chi connectivity index (χ1) is 10.6. The molecule has 2 rings (SSSR count). The van der Waals surface area contributed by atoms with Gasteiger partial charge in [0.1, 0.15) is 6.26 Å². The van der Waals surface area contributed by atoms with Gasteiger partial charge in [0.05, 0.1) is 6.20 Å². The summed E-state index contributed by atoms with van der Waals surface area (Å²) in [6.07, 6.45) is 3.46. The largest absolute Gasteiger partial charge is 0.481 e. The summed E-state index contributed by atoms with van der Waals surface area (Å²) < 4.78 is 5.27. The van der Waals surface area contributed by atoms with E-state index >= 15 is 0 Å². The highest BCUT2D eigenvalue weighted by Gasteiger charge is 2.11. The molecular weight excluding hydrogens is 286 g/mol. The number of benzene rings is 1. The summed E-state index contributed by atoms with van der Waals surface area (Å²) in [7, 11) is 0. The van der Waals surface area contributed by atoms with Crippen molar-refractivity contribution in [3.63, 3.8) is 0 Å². The van der Waals surface area contributed by atoms with Crippen LogP contribution in [0.2, 0.25) is 0 Å². The highest BCUT2D eigenvalue weighted by atomic mass is 16.4. The number of amides is 2. The van der Waals surface area contributed by atoms with E-state index in [4.69, 9.17) is 9.52 Å². The molecule has 0 saturated heterocycles. The van der Waals surface area contributed by atoms with E-state index in [1.54, 1.807) is 18.3 Å². The smallest absolute Gasteiger partial charge is 0.319 e. The quantitative estimate of drug-likeness (QED) is 0.712. The number of hydrogen-bond acceptors (Lipinski definition) is 4. The van der Waals surface area contributed by atoms with Crippen LogP contribution < -0.4 is 10.6 Å². The second-order valence-electron chi connectivity index (χ2n) is 4.69. The Hall–Kier alpha value is -2.83. The fraction of sp³-hybridized carbons (Fsp3) is 0.267. The maximum Gasteiger partial charge on any atom is 0.319 e. The van der Waals surface area contributed by atoms with E-state index in [-0.39, 0.29) is 12.5 Å². The first-order valence-electron chi connectivity index (χ1n) is 6.84. The minimum atomic E-state index is -0.878. The van der Waals surface area contributed by atoms with E-state index in [0.29, 0.717) is 24.5 Å². The molecule has 1 aromatic heterocycles. The third-order valence-electron chi connectivity index (χ3n) is 3.10. The molecule has 0 aliphatic heterocycles. The summed E-state index contributed by atoms with van der Waals surface area (Å²) in [5.74, 6) is -0.389. The average Bonchev–Trinajstić information content (AvgIpc) is 3.00. The Kier molecular flexibility index (Phi) is 5.13. The number of carbonyl (C=O) groups is 2. The number of urea groups is 1. The number of hydrogen-bond donors (Lipinski definition) is 3. The molecule has 0 aliphatic carbocycles. The number of anilines is 1. The van der Waals surface area contributed by atoms with Gasteiger partial charge in [0, 0.05) is 24.2 Å². The van der Waals surface area contributed by atoms with Gasteiger partial charge in [-0.2, -0.15) is 0 Å². The van der Waals surface area contributed by atoms with Gasteiger partial charge >= 0.3 is 12.0 Å². The van der Waals surface area contributed by atoms with Gasteiger partial charge in [-0.3, -0.25) is 4.79 Å². The fourth-order valence-electron chi connectivity index (χ4n) is 1.97. The lowest BCUT2D eigenvalue weighted by atomic mass is 10.1. The van der Waals surface area contributed by atoms with Gasteiger partial charge in [-0.1, -0.05) is 6.07 Å². The molecule has 2 aromatic rings. The Morgan fingerprint density at radius 1 is 1.36 bits per heavy atom. The van der Waals surface area contributed by atoms with E-state index in [2.05, 4.69) is 15.6 Å². The Bertz CT molecular complexity index is 653. The van der Waals surface area contributed by atoms with Crippen molar-refractivity contribution in [1.29, 1.82) is 0 Å². The molecule has 0 bridgehead atoms. The molecule has 0 atom stereocenters. The van der Waals surface area contributed by atoms with Gasteiger partial charge in [0.25, 0.3) is 0 Å². The molecule has 2 amide bonds. The molecule has 0 fully saturated rings. The average molecular weight is 303 g/mol. The molecule has 1 aromatic carbocycles. The summed E-state index contributed by atoms with van der Waals surface area (Å²) in [6, 6.07) is 5.06. The van der Waals surface area contributed by atoms with Crippen molar-refractivity contribution in [1.82, 2.24) is 10.3 Å². The molecule has 1 heterocycles. The van der Waals surface area contributed by atoms with E-state index in [1.807, 2.05) is 13.0 Å². The van der Waals surface area contributed by atoms with E-state index in [1.165, 1.54) is 6.26 Å². The lowest BCUT2D eigenvalue weighted by Gasteiger charge is -2.11. The van der Waals surface area contributed by atoms with Crippen LogP contribution in [0.5, 0.6) is 0 Å². The zero-order chi connectivity index (χ0) is 15.9. The number of nitrogens with zero attached hydrogens (tertiary/aromatic N) is 1. The van der Waals surface area contributed by atoms with Gasteiger partial charge in [0.15, 0.2) is 0 Å². The predicted molar refractivity (Wildman–Crippen MR) is 80.6 cm³/mol. The summed E-state index contributed by atoms with van der Waals surface area (Å²) in [5, 5.41) is 13.9. The molecule has 22 heavy (non-hydrogen) atoms. The number of nitrogens with one attached hydrogen (secondary N) is 2. The van der Waals surface area contributed by atoms with E-state index < -0.39 is 5.97 Å². The molecule has 0 radical (unpaired) electrons. The van der Waals surface area contributed by atoms with Crippen LogP contribution in [-0.2, 0) is 4.79 Å². The van der Waals surface area contributed by atoms with Crippen LogP contribution in [0.3, 0.4) is 0 Å². The highest BCUT2D eigenvalue weighted by molar-refractivity contribution is 5.91. The van der Waals surface area contributed by atoms with Gasteiger partial charge in [-0.05, 0) is 31.0 Å². The standard InChI is InChI=1S/C15H17N3O4/c1-10-11(14-16-8-9-22-14)4-2-5-12(10)18-15(21)17-7-3-6-13(19)20/h2,4-5,8-9H,3,6-7H2,1H3,(H,19,20)(H2,17,18,21). The Morgan fingerprint density at radius 2 is 2.18 bits per heavy atom.